The van der Waals surface area contributed by atoms with Crippen molar-refractivity contribution >= 4 is 40.4 Å². The number of hydrogen-bond donors (Lipinski definition) is 1. The summed E-state index contributed by atoms with van der Waals surface area (Å²) in [5, 5.41) is 11.6. The van der Waals surface area contributed by atoms with E-state index < -0.39 is 17.7 Å². The highest BCUT2D eigenvalue weighted by molar-refractivity contribution is 6.51. The van der Waals surface area contributed by atoms with Crippen molar-refractivity contribution < 1.29 is 19.4 Å². The van der Waals surface area contributed by atoms with E-state index >= 15 is 0 Å². The third kappa shape index (κ3) is 4.17. The van der Waals surface area contributed by atoms with Gasteiger partial charge in [-0.15, -0.1) is 0 Å². The van der Waals surface area contributed by atoms with Gasteiger partial charge in [-0.05, 0) is 66.2 Å². The Kier molecular flexibility index (Phi) is 6.11. The Morgan fingerprint density at radius 1 is 0.939 bits per heavy atom. The lowest BCUT2D eigenvalue weighted by molar-refractivity contribution is -0.132. The van der Waals surface area contributed by atoms with Gasteiger partial charge < -0.3 is 14.7 Å². The number of amides is 1. The van der Waals surface area contributed by atoms with Crippen molar-refractivity contribution in [2.24, 2.45) is 0 Å². The Morgan fingerprint density at radius 2 is 1.55 bits per heavy atom. The molecular weight excluding hydrogens is 440 g/mol. The van der Waals surface area contributed by atoms with Crippen LogP contribution in [-0.2, 0) is 9.59 Å². The van der Waals surface area contributed by atoms with Gasteiger partial charge in [-0.3, -0.25) is 14.5 Å². The molecule has 1 unspecified atom stereocenters. The minimum Gasteiger partial charge on any atom is -0.507 e. The lowest BCUT2D eigenvalue weighted by Crippen LogP contribution is -2.29. The molecule has 1 amide bonds. The molecule has 0 radical (unpaired) electrons. The van der Waals surface area contributed by atoms with Crippen molar-refractivity contribution in [1.82, 2.24) is 0 Å². The van der Waals surface area contributed by atoms with Gasteiger partial charge in [0.1, 0.15) is 11.5 Å². The molecule has 1 aliphatic rings. The van der Waals surface area contributed by atoms with Crippen LogP contribution in [0.3, 0.4) is 0 Å². The number of aliphatic hydroxyl groups is 1. The summed E-state index contributed by atoms with van der Waals surface area (Å²) in [4.78, 5) is 29.7. The summed E-state index contributed by atoms with van der Waals surface area (Å²) < 4.78 is 5.22. The molecule has 1 fully saturated rings. The van der Waals surface area contributed by atoms with Crippen molar-refractivity contribution in [3.05, 3.63) is 94.5 Å². The summed E-state index contributed by atoms with van der Waals surface area (Å²) >= 11 is 5.98. The van der Waals surface area contributed by atoms with E-state index in [2.05, 4.69) is 0 Å². The maximum atomic E-state index is 13.2. The molecule has 33 heavy (non-hydrogen) atoms. The molecule has 1 N–H and O–H groups in total. The Bertz CT molecular complexity index is 1220. The first-order valence-corrected chi connectivity index (χ1v) is 10.7. The van der Waals surface area contributed by atoms with Crippen LogP contribution in [0, 0.1) is 0 Å². The van der Waals surface area contributed by atoms with Crippen LogP contribution in [0.5, 0.6) is 5.75 Å². The minimum absolute atomic E-state index is 0.0238. The van der Waals surface area contributed by atoms with Crippen LogP contribution in [0.25, 0.3) is 5.76 Å². The predicted molar refractivity (Wildman–Crippen MR) is 130 cm³/mol. The lowest BCUT2D eigenvalue weighted by Gasteiger charge is -2.26. The summed E-state index contributed by atoms with van der Waals surface area (Å²) in [5.41, 5.74) is 2.62. The number of ether oxygens (including phenoxy) is 1. The lowest BCUT2D eigenvalue weighted by atomic mass is 9.95. The van der Waals surface area contributed by atoms with Gasteiger partial charge >= 0.3 is 0 Å². The normalized spacial score (nSPS) is 17.3. The number of benzene rings is 3. The second-order valence-corrected chi connectivity index (χ2v) is 8.30. The topological polar surface area (TPSA) is 70.1 Å². The highest BCUT2D eigenvalue weighted by Gasteiger charge is 2.47. The average Bonchev–Trinajstić information content (AvgIpc) is 3.09. The molecule has 0 bridgehead atoms. The third-order valence-electron chi connectivity index (χ3n) is 5.64. The molecule has 168 valence electrons. The third-order valence-corrected chi connectivity index (χ3v) is 5.89. The monoisotopic (exact) mass is 462 g/mol. The summed E-state index contributed by atoms with van der Waals surface area (Å²) in [7, 11) is 5.41. The summed E-state index contributed by atoms with van der Waals surface area (Å²) in [6.07, 6.45) is 0. The van der Waals surface area contributed by atoms with Gasteiger partial charge in [0.05, 0.1) is 18.7 Å². The van der Waals surface area contributed by atoms with Crippen molar-refractivity contribution in [1.29, 1.82) is 0 Å². The number of rotatable bonds is 5. The van der Waals surface area contributed by atoms with Gasteiger partial charge in [0.25, 0.3) is 11.7 Å². The second kappa shape index (κ2) is 9.00. The van der Waals surface area contributed by atoms with Crippen LogP contribution < -0.4 is 14.5 Å². The summed E-state index contributed by atoms with van der Waals surface area (Å²) in [6.45, 7) is 0. The molecule has 1 atom stereocenters. The fraction of sp³-hybridized carbons (Fsp3) is 0.154. The smallest absolute Gasteiger partial charge is 0.300 e. The zero-order chi connectivity index (χ0) is 23.7. The Labute approximate surface area is 197 Å². The zero-order valence-corrected chi connectivity index (χ0v) is 19.2. The highest BCUT2D eigenvalue weighted by Crippen LogP contribution is 2.42. The van der Waals surface area contributed by atoms with Crippen LogP contribution in [-0.4, -0.2) is 38.0 Å². The molecule has 0 aliphatic carbocycles. The molecule has 1 aliphatic heterocycles. The Hall–Kier alpha value is -3.77. The van der Waals surface area contributed by atoms with Crippen LogP contribution in [0.1, 0.15) is 17.2 Å². The maximum absolute atomic E-state index is 13.2. The first-order chi connectivity index (χ1) is 15.8. The van der Waals surface area contributed by atoms with Crippen LogP contribution in [0.4, 0.5) is 11.4 Å². The fourth-order valence-electron chi connectivity index (χ4n) is 3.88. The van der Waals surface area contributed by atoms with E-state index in [1.807, 2.05) is 43.3 Å². The number of anilines is 2. The number of aliphatic hydroxyl groups excluding tert-OH is 1. The fourth-order valence-corrected chi connectivity index (χ4v) is 4.00. The standard InChI is InChI=1S/C26H23ClN2O4/c1-28(2)19-10-6-16(7-11-19)23-22(24(30)17-4-8-18(27)9-5-17)25(31)26(32)29(23)20-12-14-21(33-3)15-13-20/h4-15,23,30H,1-3H3/b24-22-. The number of methoxy groups -OCH3 is 1. The van der Waals surface area contributed by atoms with E-state index in [0.29, 0.717) is 27.6 Å². The quantitative estimate of drug-likeness (QED) is 0.327. The number of hydrogen-bond acceptors (Lipinski definition) is 5. The van der Waals surface area contributed by atoms with E-state index in [1.54, 1.807) is 55.6 Å². The number of halogens is 1. The maximum Gasteiger partial charge on any atom is 0.300 e. The van der Waals surface area contributed by atoms with Gasteiger partial charge in [0.15, 0.2) is 0 Å². The van der Waals surface area contributed by atoms with E-state index in [4.69, 9.17) is 16.3 Å². The first-order valence-electron chi connectivity index (χ1n) is 10.3. The van der Waals surface area contributed by atoms with Crippen LogP contribution in [0.2, 0.25) is 5.02 Å². The molecule has 0 aromatic heterocycles. The largest absolute Gasteiger partial charge is 0.507 e. The molecule has 3 aromatic rings. The first kappa shape index (κ1) is 22.4. The molecule has 0 saturated carbocycles. The Morgan fingerprint density at radius 3 is 2.09 bits per heavy atom. The van der Waals surface area contributed by atoms with E-state index in [0.717, 1.165) is 5.69 Å². The van der Waals surface area contributed by atoms with Gasteiger partial charge in [0.2, 0.25) is 0 Å². The minimum atomic E-state index is -0.801. The molecule has 4 rings (SSSR count). The number of nitrogens with zero attached hydrogens (tertiary/aromatic N) is 2. The summed E-state index contributed by atoms with van der Waals surface area (Å²) in [5.74, 6) is -1.08. The molecule has 6 nitrogen and oxygen atoms in total. The van der Waals surface area contributed by atoms with Crippen molar-refractivity contribution in [3.8, 4) is 5.75 Å². The molecule has 0 spiro atoms. The second-order valence-electron chi connectivity index (χ2n) is 7.86. The molecule has 1 heterocycles. The predicted octanol–water partition coefficient (Wildman–Crippen LogP) is 5.04. The SMILES string of the molecule is COc1ccc(N2C(=O)C(=O)/C(=C(\O)c3ccc(Cl)cc3)C2c2ccc(N(C)C)cc2)cc1. The van der Waals surface area contributed by atoms with E-state index in [-0.39, 0.29) is 11.3 Å². The number of Topliss-reactive ketones (excluding diaryl/α,β-unsaturated/α-hetero) is 1. The summed E-state index contributed by atoms with van der Waals surface area (Å²) in [6, 6.07) is 20.1. The van der Waals surface area contributed by atoms with E-state index in [9.17, 15) is 14.7 Å². The zero-order valence-electron chi connectivity index (χ0n) is 18.4. The van der Waals surface area contributed by atoms with Gasteiger partial charge in [0, 0.05) is 36.1 Å². The molecule has 7 heteroatoms. The van der Waals surface area contributed by atoms with Crippen molar-refractivity contribution in [2.75, 3.05) is 31.0 Å². The average molecular weight is 463 g/mol. The molecular formula is C26H23ClN2O4. The highest BCUT2D eigenvalue weighted by atomic mass is 35.5. The Balaban J connectivity index is 1.90. The van der Waals surface area contributed by atoms with Gasteiger partial charge in [-0.25, -0.2) is 0 Å². The molecule has 3 aromatic carbocycles. The number of carbonyl (C=O) groups excluding carboxylic acids is 2. The van der Waals surface area contributed by atoms with E-state index in [1.165, 1.54) is 4.90 Å². The van der Waals surface area contributed by atoms with Crippen molar-refractivity contribution in [2.45, 2.75) is 6.04 Å². The van der Waals surface area contributed by atoms with Crippen LogP contribution >= 0.6 is 11.6 Å². The number of ketones is 1. The number of carbonyl (C=O) groups is 2. The van der Waals surface area contributed by atoms with Crippen LogP contribution in [0.15, 0.2) is 78.4 Å². The van der Waals surface area contributed by atoms with Crippen molar-refractivity contribution in [3.63, 3.8) is 0 Å². The van der Waals surface area contributed by atoms with Gasteiger partial charge in [-0.1, -0.05) is 23.7 Å². The van der Waals surface area contributed by atoms with Gasteiger partial charge in [-0.2, -0.15) is 0 Å². The molecule has 1 saturated heterocycles.